The third-order valence-corrected chi connectivity index (χ3v) is 7.86. The second kappa shape index (κ2) is 11.0. The molecule has 4 heterocycles. The van der Waals surface area contributed by atoms with E-state index in [1.807, 2.05) is 4.90 Å². The predicted octanol–water partition coefficient (Wildman–Crippen LogP) is 1.54. The average Bonchev–Trinajstić information content (AvgIpc) is 2.92. The van der Waals surface area contributed by atoms with Gasteiger partial charge < -0.3 is 25.0 Å². The van der Waals surface area contributed by atoms with Crippen LogP contribution in [-0.2, 0) is 17.8 Å². The van der Waals surface area contributed by atoms with Gasteiger partial charge in [-0.2, -0.15) is 9.97 Å². The van der Waals surface area contributed by atoms with E-state index >= 15 is 0 Å². The Balaban J connectivity index is 1.22. The van der Waals surface area contributed by atoms with Crippen molar-refractivity contribution in [1.29, 1.82) is 0 Å². The molecule has 5 rings (SSSR count). The topological polar surface area (TPSA) is 111 Å². The molecule has 1 aromatic carbocycles. The number of aromatic nitrogens is 2. The van der Waals surface area contributed by atoms with Crippen LogP contribution in [0.3, 0.4) is 0 Å². The largest absolute Gasteiger partial charge is 0.467 e. The summed E-state index contributed by atoms with van der Waals surface area (Å²) < 4.78 is 5.28. The van der Waals surface area contributed by atoms with E-state index in [1.54, 1.807) is 17.9 Å². The van der Waals surface area contributed by atoms with Gasteiger partial charge in [0.2, 0.25) is 5.91 Å². The third-order valence-electron chi connectivity index (χ3n) is 7.86. The third kappa shape index (κ3) is 5.70. The molecule has 0 bridgehead atoms. The Morgan fingerprint density at radius 2 is 1.76 bits per heavy atom. The van der Waals surface area contributed by atoms with Crippen molar-refractivity contribution in [3.63, 3.8) is 0 Å². The highest BCUT2D eigenvalue weighted by Crippen LogP contribution is 2.26. The summed E-state index contributed by atoms with van der Waals surface area (Å²) in [5, 5.41) is 14.4. The van der Waals surface area contributed by atoms with Crippen LogP contribution in [0.5, 0.6) is 6.01 Å². The number of aliphatic hydroxyl groups excluding tert-OH is 1. The molecule has 0 unspecified atom stereocenters. The van der Waals surface area contributed by atoms with Crippen molar-refractivity contribution in [2.24, 2.45) is 0 Å². The van der Waals surface area contributed by atoms with Crippen LogP contribution in [0.25, 0.3) is 0 Å². The molecule has 10 heteroatoms. The highest BCUT2D eigenvalue weighted by Gasteiger charge is 2.36. The highest BCUT2D eigenvalue weighted by atomic mass is 16.5. The zero-order valence-corrected chi connectivity index (χ0v) is 21.6. The van der Waals surface area contributed by atoms with E-state index in [0.717, 1.165) is 32.4 Å². The number of β-amino-alcohol motifs (C(OH)–C–C–N with tert-alkyl or cyclic N) is 1. The lowest BCUT2D eigenvalue weighted by molar-refractivity contribution is -0.129. The number of fused-ring (bicyclic) bond motifs is 1. The number of ether oxygens (including phenoxy) is 1. The van der Waals surface area contributed by atoms with Gasteiger partial charge >= 0.3 is 6.01 Å². The van der Waals surface area contributed by atoms with Crippen molar-refractivity contribution in [3.8, 4) is 6.01 Å². The fourth-order valence-electron chi connectivity index (χ4n) is 5.74. The van der Waals surface area contributed by atoms with Gasteiger partial charge in [-0.3, -0.25) is 14.5 Å². The number of likely N-dealkylation sites (tertiary alicyclic amines) is 2. The maximum atomic E-state index is 13.4. The molecular formula is C27H36N6O4. The Morgan fingerprint density at radius 3 is 2.46 bits per heavy atom. The van der Waals surface area contributed by atoms with Gasteiger partial charge in [0.15, 0.2) is 0 Å². The summed E-state index contributed by atoms with van der Waals surface area (Å²) in [6.07, 6.45) is 2.66. The molecule has 0 radical (unpaired) electrons. The first-order valence-corrected chi connectivity index (χ1v) is 13.1. The van der Waals surface area contributed by atoms with Crippen molar-refractivity contribution >= 4 is 17.6 Å². The number of amides is 2. The van der Waals surface area contributed by atoms with Gasteiger partial charge in [-0.25, -0.2) is 0 Å². The maximum absolute atomic E-state index is 13.4. The molecule has 10 nitrogen and oxygen atoms in total. The van der Waals surface area contributed by atoms with Crippen LogP contribution in [0.15, 0.2) is 30.3 Å². The first-order valence-electron chi connectivity index (χ1n) is 13.1. The molecular weight excluding hydrogens is 472 g/mol. The lowest BCUT2D eigenvalue weighted by Gasteiger charge is -2.43. The van der Waals surface area contributed by atoms with E-state index in [4.69, 9.17) is 4.74 Å². The number of carbonyl (C=O) groups is 2. The molecule has 2 aromatic rings. The molecule has 2 fully saturated rings. The minimum absolute atomic E-state index is 0.0236. The number of anilines is 1. The van der Waals surface area contributed by atoms with Crippen LogP contribution in [0, 0.1) is 0 Å². The van der Waals surface area contributed by atoms with Crippen molar-refractivity contribution in [1.82, 2.24) is 24.7 Å². The summed E-state index contributed by atoms with van der Waals surface area (Å²) in [6, 6.07) is 10.4. The second-order valence-electron chi connectivity index (χ2n) is 10.2. The Hall–Kier alpha value is -3.24. The van der Waals surface area contributed by atoms with Crippen LogP contribution in [-0.4, -0.2) is 99.6 Å². The Morgan fingerprint density at radius 1 is 1.03 bits per heavy atom. The fourth-order valence-corrected chi connectivity index (χ4v) is 5.74. The molecule has 0 saturated carbocycles. The van der Waals surface area contributed by atoms with Gasteiger partial charge in [-0.05, 0) is 36.8 Å². The summed E-state index contributed by atoms with van der Waals surface area (Å²) >= 11 is 0. The number of hydrogen-bond donors (Lipinski definition) is 2. The minimum atomic E-state index is -0.629. The first-order chi connectivity index (χ1) is 17.9. The van der Waals surface area contributed by atoms with Gasteiger partial charge in [-0.1, -0.05) is 24.3 Å². The molecule has 3 aliphatic rings. The van der Waals surface area contributed by atoms with E-state index < -0.39 is 6.10 Å². The van der Waals surface area contributed by atoms with E-state index in [0.29, 0.717) is 31.9 Å². The second-order valence-corrected chi connectivity index (χ2v) is 10.2. The zero-order valence-electron chi connectivity index (χ0n) is 21.6. The normalized spacial score (nSPS) is 22.9. The van der Waals surface area contributed by atoms with Crippen molar-refractivity contribution in [3.05, 3.63) is 47.2 Å². The van der Waals surface area contributed by atoms with Crippen LogP contribution in [0.1, 0.15) is 47.8 Å². The molecule has 3 aliphatic heterocycles. The van der Waals surface area contributed by atoms with Gasteiger partial charge in [0, 0.05) is 64.3 Å². The van der Waals surface area contributed by atoms with Crippen molar-refractivity contribution in [2.75, 3.05) is 45.2 Å². The molecule has 2 amide bonds. The van der Waals surface area contributed by atoms with Crippen LogP contribution in [0.2, 0.25) is 0 Å². The summed E-state index contributed by atoms with van der Waals surface area (Å²) in [7, 11) is 1.48. The van der Waals surface area contributed by atoms with Crippen LogP contribution < -0.4 is 10.1 Å². The highest BCUT2D eigenvalue weighted by molar-refractivity contribution is 5.93. The van der Waals surface area contributed by atoms with Gasteiger partial charge in [-0.15, -0.1) is 0 Å². The Labute approximate surface area is 217 Å². The van der Waals surface area contributed by atoms with E-state index in [9.17, 15) is 14.7 Å². The number of aliphatic hydroxyl groups is 1. The van der Waals surface area contributed by atoms with Crippen molar-refractivity contribution in [2.45, 2.75) is 57.3 Å². The molecule has 0 spiro atoms. The lowest BCUT2D eigenvalue weighted by Crippen LogP contribution is -2.56. The Bertz CT molecular complexity index is 1140. The number of nitrogens with zero attached hydrogens (tertiary/aromatic N) is 5. The van der Waals surface area contributed by atoms with Crippen LogP contribution >= 0.6 is 0 Å². The number of carbonyl (C=O) groups excluding carboxylic acids is 2. The van der Waals surface area contributed by atoms with Crippen LogP contribution in [0.4, 0.5) is 5.82 Å². The zero-order chi connectivity index (χ0) is 25.9. The molecule has 0 aliphatic carbocycles. The standard InChI is InChI=1S/C27H36N6O4/c1-18(34)31-12-8-21(9-13-31)28-25-15-22(29-27(30-25)37-2)26(36)33-14-10-23(24(35)17-33)32-11-7-19-5-3-4-6-20(19)16-32/h3-6,15,21,23-24,35H,7-14,16-17H2,1-2H3,(H,28,29,30)/t23-,24-/m1/s1. The summed E-state index contributed by atoms with van der Waals surface area (Å²) in [4.78, 5) is 39.6. The lowest BCUT2D eigenvalue weighted by atomic mass is 9.94. The molecule has 37 heavy (non-hydrogen) atoms. The Kier molecular flexibility index (Phi) is 7.57. The van der Waals surface area contributed by atoms with Gasteiger partial charge in [0.25, 0.3) is 5.91 Å². The molecule has 2 N–H and O–H groups in total. The number of piperidine rings is 2. The smallest absolute Gasteiger partial charge is 0.318 e. The SMILES string of the molecule is COc1nc(NC2CCN(C(C)=O)CC2)cc(C(=O)N2CC[C@@H](N3CCc4ccccc4C3)[C@H](O)C2)n1. The summed E-state index contributed by atoms with van der Waals surface area (Å²) in [5.41, 5.74) is 2.94. The van der Waals surface area contributed by atoms with Gasteiger partial charge in [0.1, 0.15) is 11.5 Å². The van der Waals surface area contributed by atoms with E-state index in [-0.39, 0.29) is 42.1 Å². The molecule has 198 valence electrons. The quantitative estimate of drug-likeness (QED) is 0.626. The number of benzene rings is 1. The monoisotopic (exact) mass is 508 g/mol. The summed E-state index contributed by atoms with van der Waals surface area (Å²) in [6.45, 7) is 5.53. The summed E-state index contributed by atoms with van der Waals surface area (Å²) in [5.74, 6) is 0.377. The number of hydrogen-bond acceptors (Lipinski definition) is 8. The fraction of sp³-hybridized carbons (Fsp3) is 0.556. The molecule has 1 aromatic heterocycles. The van der Waals surface area contributed by atoms with Crippen molar-refractivity contribution < 1.29 is 19.4 Å². The molecule has 2 atom stereocenters. The van der Waals surface area contributed by atoms with Gasteiger partial charge in [0.05, 0.1) is 13.2 Å². The maximum Gasteiger partial charge on any atom is 0.318 e. The average molecular weight is 509 g/mol. The van der Waals surface area contributed by atoms with E-state index in [1.165, 1.54) is 18.2 Å². The number of methoxy groups -OCH3 is 1. The predicted molar refractivity (Wildman–Crippen MR) is 138 cm³/mol. The first kappa shape index (κ1) is 25.4. The van der Waals surface area contributed by atoms with E-state index in [2.05, 4.69) is 44.5 Å². The minimum Gasteiger partial charge on any atom is -0.467 e. The number of nitrogens with one attached hydrogen (secondary N) is 1. The number of rotatable bonds is 5. The molecule has 2 saturated heterocycles.